The molecule has 0 bridgehead atoms. The van der Waals surface area contributed by atoms with Crippen LogP contribution in [-0.4, -0.2) is 15.0 Å². The molecule has 15 heavy (non-hydrogen) atoms. The number of hydrogen-bond donors (Lipinski definition) is 1. The van der Waals surface area contributed by atoms with Gasteiger partial charge < -0.3 is 4.98 Å². The summed E-state index contributed by atoms with van der Waals surface area (Å²) < 4.78 is 1.01. The first-order valence-electron chi connectivity index (χ1n) is 4.44. The van der Waals surface area contributed by atoms with E-state index in [9.17, 15) is 0 Å². The number of aromatic amines is 1. The Morgan fingerprint density at radius 1 is 1.27 bits per heavy atom. The van der Waals surface area contributed by atoms with E-state index in [2.05, 4.69) is 15.0 Å². The summed E-state index contributed by atoms with van der Waals surface area (Å²) in [6, 6.07) is 8.01. The summed E-state index contributed by atoms with van der Waals surface area (Å²) in [5, 5.41) is 2.86. The first-order valence-corrected chi connectivity index (χ1v) is 6.13. The van der Waals surface area contributed by atoms with Crippen LogP contribution in [0, 0.1) is 0 Å². The molecule has 2 aromatic heterocycles. The van der Waals surface area contributed by atoms with E-state index in [4.69, 9.17) is 0 Å². The average molecular weight is 233 g/mol. The van der Waals surface area contributed by atoms with Crippen molar-refractivity contribution in [3.63, 3.8) is 0 Å². The molecule has 2 heterocycles. The number of benzene rings is 1. The van der Waals surface area contributed by atoms with E-state index in [0.717, 1.165) is 20.5 Å². The lowest BCUT2D eigenvalue weighted by atomic mass is 10.3. The van der Waals surface area contributed by atoms with Crippen LogP contribution in [-0.2, 0) is 0 Å². The summed E-state index contributed by atoms with van der Waals surface area (Å²) in [4.78, 5) is 11.9. The van der Waals surface area contributed by atoms with Gasteiger partial charge in [-0.05, 0) is 23.9 Å². The van der Waals surface area contributed by atoms with Gasteiger partial charge >= 0.3 is 0 Å². The van der Waals surface area contributed by atoms with Crippen LogP contribution in [0.25, 0.3) is 11.0 Å². The molecule has 0 radical (unpaired) electrons. The van der Waals surface area contributed by atoms with Crippen molar-refractivity contribution in [3.05, 3.63) is 35.8 Å². The number of H-pyrrole nitrogens is 1. The summed E-state index contributed by atoms with van der Waals surface area (Å²) in [5.74, 6) is 0. The molecular weight excluding hydrogens is 226 g/mol. The summed E-state index contributed by atoms with van der Waals surface area (Å²) in [6.45, 7) is 0. The van der Waals surface area contributed by atoms with Crippen molar-refractivity contribution in [3.8, 4) is 0 Å². The molecule has 3 nitrogen and oxygen atoms in total. The Balaban J connectivity index is 1.98. The summed E-state index contributed by atoms with van der Waals surface area (Å²) in [6.07, 6.45) is 1.80. The van der Waals surface area contributed by atoms with Gasteiger partial charge in [0.25, 0.3) is 0 Å². The van der Waals surface area contributed by atoms with Crippen LogP contribution < -0.4 is 0 Å². The number of nitrogens with one attached hydrogen (secondary N) is 1. The fourth-order valence-electron chi connectivity index (χ4n) is 1.32. The number of rotatable bonds is 2. The van der Waals surface area contributed by atoms with E-state index in [0.29, 0.717) is 0 Å². The number of aromatic nitrogens is 3. The predicted octanol–water partition coefficient (Wildman–Crippen LogP) is 3.17. The van der Waals surface area contributed by atoms with Crippen molar-refractivity contribution in [1.29, 1.82) is 0 Å². The van der Waals surface area contributed by atoms with Crippen molar-refractivity contribution < 1.29 is 0 Å². The zero-order valence-electron chi connectivity index (χ0n) is 7.68. The van der Waals surface area contributed by atoms with Crippen molar-refractivity contribution in [2.45, 2.75) is 9.50 Å². The highest BCUT2D eigenvalue weighted by atomic mass is 32.2. The van der Waals surface area contributed by atoms with Crippen LogP contribution in [0.1, 0.15) is 0 Å². The Labute approximate surface area is 94.6 Å². The molecule has 0 aliphatic rings. The Hall–Kier alpha value is -1.33. The maximum Gasteiger partial charge on any atom is 0.173 e. The lowest BCUT2D eigenvalue weighted by molar-refractivity contribution is 1.07. The van der Waals surface area contributed by atoms with Gasteiger partial charge in [0.2, 0.25) is 0 Å². The molecule has 0 saturated heterocycles. The number of imidazole rings is 1. The molecule has 0 unspecified atom stereocenters. The Morgan fingerprint density at radius 3 is 3.00 bits per heavy atom. The molecule has 0 spiro atoms. The van der Waals surface area contributed by atoms with E-state index >= 15 is 0 Å². The predicted molar refractivity (Wildman–Crippen MR) is 62.3 cm³/mol. The minimum Gasteiger partial charge on any atom is -0.333 e. The molecule has 0 fully saturated rings. The summed E-state index contributed by atoms with van der Waals surface area (Å²) >= 11 is 3.18. The smallest absolute Gasteiger partial charge is 0.173 e. The summed E-state index contributed by atoms with van der Waals surface area (Å²) in [5.41, 5.74) is 2.06. The highest BCUT2D eigenvalue weighted by molar-refractivity contribution is 8.00. The Morgan fingerprint density at radius 2 is 2.20 bits per heavy atom. The molecule has 1 N–H and O–H groups in total. The van der Waals surface area contributed by atoms with Gasteiger partial charge in [-0.2, -0.15) is 0 Å². The number of para-hydroxylation sites is 2. The van der Waals surface area contributed by atoms with E-state index < -0.39 is 0 Å². The highest BCUT2D eigenvalue weighted by Gasteiger charge is 2.04. The monoisotopic (exact) mass is 233 g/mol. The van der Waals surface area contributed by atoms with Crippen LogP contribution in [0.15, 0.2) is 45.3 Å². The van der Waals surface area contributed by atoms with Crippen molar-refractivity contribution in [1.82, 2.24) is 15.0 Å². The quantitative estimate of drug-likeness (QED) is 0.739. The van der Waals surface area contributed by atoms with E-state index in [-0.39, 0.29) is 0 Å². The van der Waals surface area contributed by atoms with E-state index in [1.54, 1.807) is 29.3 Å². The first-order chi connectivity index (χ1) is 7.42. The topological polar surface area (TPSA) is 41.6 Å². The molecule has 0 atom stereocenters. The Kier molecular flexibility index (Phi) is 2.19. The number of hydrogen-bond acceptors (Lipinski definition) is 4. The van der Waals surface area contributed by atoms with Crippen LogP contribution in [0.2, 0.25) is 0 Å². The fraction of sp³-hybridized carbons (Fsp3) is 0. The van der Waals surface area contributed by atoms with Gasteiger partial charge in [0, 0.05) is 11.6 Å². The molecule has 0 amide bonds. The SMILES string of the molecule is c1ccc2[nH]c(Sc3nccs3)nc2c1. The molecule has 1 aromatic carbocycles. The second kappa shape index (κ2) is 3.67. The summed E-state index contributed by atoms with van der Waals surface area (Å²) in [7, 11) is 0. The van der Waals surface area contributed by atoms with Crippen molar-refractivity contribution in [2.24, 2.45) is 0 Å². The van der Waals surface area contributed by atoms with Gasteiger partial charge in [-0.15, -0.1) is 11.3 Å². The second-order valence-electron chi connectivity index (χ2n) is 2.96. The van der Waals surface area contributed by atoms with Crippen LogP contribution >= 0.6 is 23.1 Å². The minimum atomic E-state index is 0.895. The third kappa shape index (κ3) is 1.75. The third-order valence-electron chi connectivity index (χ3n) is 1.96. The molecule has 0 aliphatic carbocycles. The molecule has 0 saturated carbocycles. The zero-order valence-corrected chi connectivity index (χ0v) is 9.31. The maximum atomic E-state index is 4.46. The van der Waals surface area contributed by atoms with Crippen LogP contribution in [0.5, 0.6) is 0 Å². The molecule has 5 heteroatoms. The number of thiazole rings is 1. The van der Waals surface area contributed by atoms with Gasteiger partial charge in [0.15, 0.2) is 9.50 Å². The fourth-order valence-corrected chi connectivity index (χ4v) is 2.86. The van der Waals surface area contributed by atoms with Gasteiger partial charge in [0.05, 0.1) is 11.0 Å². The van der Waals surface area contributed by atoms with Crippen LogP contribution in [0.3, 0.4) is 0 Å². The number of nitrogens with zero attached hydrogens (tertiary/aromatic N) is 2. The second-order valence-corrected chi connectivity index (χ2v) is 5.09. The molecular formula is C10H7N3S2. The average Bonchev–Trinajstić information content (AvgIpc) is 2.86. The molecule has 0 aliphatic heterocycles. The standard InChI is InChI=1S/C10H7N3S2/c1-2-4-8-7(3-1)12-9(13-8)15-10-11-5-6-14-10/h1-6H,(H,12,13). The van der Waals surface area contributed by atoms with E-state index in [1.807, 2.05) is 29.6 Å². The minimum absolute atomic E-state index is 0.895. The lowest BCUT2D eigenvalue weighted by Gasteiger charge is -1.88. The molecule has 3 aromatic rings. The van der Waals surface area contributed by atoms with Crippen molar-refractivity contribution >= 4 is 34.1 Å². The van der Waals surface area contributed by atoms with Gasteiger partial charge in [-0.1, -0.05) is 12.1 Å². The van der Waals surface area contributed by atoms with Gasteiger partial charge in [0.1, 0.15) is 0 Å². The lowest BCUT2D eigenvalue weighted by Crippen LogP contribution is -1.72. The van der Waals surface area contributed by atoms with Crippen molar-refractivity contribution in [2.75, 3.05) is 0 Å². The zero-order chi connectivity index (χ0) is 10.1. The van der Waals surface area contributed by atoms with Crippen LogP contribution in [0.4, 0.5) is 0 Å². The van der Waals surface area contributed by atoms with Gasteiger partial charge in [-0.25, -0.2) is 9.97 Å². The largest absolute Gasteiger partial charge is 0.333 e. The maximum absolute atomic E-state index is 4.46. The first kappa shape index (κ1) is 8.94. The van der Waals surface area contributed by atoms with E-state index in [1.165, 1.54) is 0 Å². The van der Waals surface area contributed by atoms with Gasteiger partial charge in [-0.3, -0.25) is 0 Å². The number of fused-ring (bicyclic) bond motifs is 1. The molecule has 74 valence electrons. The highest BCUT2D eigenvalue weighted by Crippen LogP contribution is 2.28. The molecule has 3 rings (SSSR count). The Bertz CT molecular complexity index is 538. The third-order valence-corrected chi connectivity index (χ3v) is 3.73. The normalized spacial score (nSPS) is 10.9.